The van der Waals surface area contributed by atoms with Crippen LogP contribution in [0.1, 0.15) is 28.9 Å². The van der Waals surface area contributed by atoms with Crippen molar-refractivity contribution in [1.82, 2.24) is 35.3 Å². The lowest BCUT2D eigenvalue weighted by atomic mass is 10.1. The van der Waals surface area contributed by atoms with Crippen molar-refractivity contribution in [3.05, 3.63) is 47.0 Å². The van der Waals surface area contributed by atoms with Crippen molar-refractivity contribution in [2.75, 3.05) is 11.9 Å². The fraction of sp³-hybridized carbons (Fsp3) is 0.389. The number of benzene rings is 1. The van der Waals surface area contributed by atoms with Crippen LogP contribution in [0.5, 0.6) is 0 Å². The van der Waals surface area contributed by atoms with E-state index in [-0.39, 0.29) is 18.3 Å². The van der Waals surface area contributed by atoms with Crippen LogP contribution in [0.25, 0.3) is 5.69 Å². The smallest absolute Gasteiger partial charge is 0.224 e. The van der Waals surface area contributed by atoms with Gasteiger partial charge in [0.1, 0.15) is 6.33 Å². The summed E-state index contributed by atoms with van der Waals surface area (Å²) in [7, 11) is 0. The van der Waals surface area contributed by atoms with E-state index >= 15 is 0 Å². The van der Waals surface area contributed by atoms with Crippen LogP contribution in [0.2, 0.25) is 0 Å². The van der Waals surface area contributed by atoms with E-state index in [2.05, 4.69) is 37.3 Å². The van der Waals surface area contributed by atoms with Crippen LogP contribution in [-0.2, 0) is 24.3 Å². The number of carbonyl (C=O) groups excluding carboxylic acids is 1. The highest BCUT2D eigenvalue weighted by Crippen LogP contribution is 2.23. The van der Waals surface area contributed by atoms with Crippen molar-refractivity contribution >= 4 is 24.0 Å². The Bertz CT molecular complexity index is 943. The SMILES string of the molecule is Cc1cc(-n2cnnn2)cc(NC(=O)CCc2cc3n(n2)CCNC3)c1C.Cl. The highest BCUT2D eigenvalue weighted by atomic mass is 35.5. The third-order valence-corrected chi connectivity index (χ3v) is 4.87. The quantitative estimate of drug-likeness (QED) is 0.671. The lowest BCUT2D eigenvalue weighted by molar-refractivity contribution is -0.116. The van der Waals surface area contributed by atoms with Crippen LogP contribution in [0, 0.1) is 13.8 Å². The van der Waals surface area contributed by atoms with Crippen molar-refractivity contribution in [3.8, 4) is 5.69 Å². The molecule has 2 aromatic heterocycles. The highest BCUT2D eigenvalue weighted by Gasteiger charge is 2.14. The number of carbonyl (C=O) groups is 1. The van der Waals surface area contributed by atoms with Gasteiger partial charge >= 0.3 is 0 Å². The number of aryl methyl sites for hydroxylation is 2. The second kappa shape index (κ2) is 8.49. The van der Waals surface area contributed by atoms with Gasteiger partial charge in [-0.2, -0.15) is 5.10 Å². The molecule has 0 unspecified atom stereocenters. The van der Waals surface area contributed by atoms with Crippen molar-refractivity contribution in [1.29, 1.82) is 0 Å². The number of amides is 1. The molecular formula is C18H23ClN8O. The van der Waals surface area contributed by atoms with E-state index in [1.165, 1.54) is 12.0 Å². The molecule has 0 spiro atoms. The number of aromatic nitrogens is 6. The molecule has 1 aromatic carbocycles. The normalized spacial score (nSPS) is 12.9. The van der Waals surface area contributed by atoms with Gasteiger partial charge in [0.05, 0.1) is 23.6 Å². The van der Waals surface area contributed by atoms with Crippen molar-refractivity contribution in [2.24, 2.45) is 0 Å². The van der Waals surface area contributed by atoms with Gasteiger partial charge in [-0.15, -0.1) is 17.5 Å². The summed E-state index contributed by atoms with van der Waals surface area (Å²) in [6, 6.07) is 5.95. The van der Waals surface area contributed by atoms with Gasteiger partial charge in [0.2, 0.25) is 5.91 Å². The summed E-state index contributed by atoms with van der Waals surface area (Å²) in [4.78, 5) is 12.5. The summed E-state index contributed by atoms with van der Waals surface area (Å²) in [5.41, 5.74) is 5.82. The van der Waals surface area contributed by atoms with E-state index in [0.29, 0.717) is 12.8 Å². The molecular weight excluding hydrogens is 380 g/mol. The van der Waals surface area contributed by atoms with Gasteiger partial charge < -0.3 is 10.6 Å². The third-order valence-electron chi connectivity index (χ3n) is 4.87. The molecule has 0 bridgehead atoms. The second-order valence-corrected chi connectivity index (χ2v) is 6.76. The molecule has 9 nitrogen and oxygen atoms in total. The fourth-order valence-corrected chi connectivity index (χ4v) is 3.21. The Balaban J connectivity index is 0.00000225. The Morgan fingerprint density at radius 2 is 2.14 bits per heavy atom. The first-order chi connectivity index (χ1) is 13.1. The lowest BCUT2D eigenvalue weighted by Gasteiger charge is -2.13. The van der Waals surface area contributed by atoms with Crippen molar-refractivity contribution < 1.29 is 4.79 Å². The molecule has 1 amide bonds. The first kappa shape index (κ1) is 20.0. The third kappa shape index (κ3) is 4.20. The van der Waals surface area contributed by atoms with Gasteiger partial charge in [0.15, 0.2) is 0 Å². The van der Waals surface area contributed by atoms with Crippen molar-refractivity contribution in [3.63, 3.8) is 0 Å². The maximum atomic E-state index is 12.5. The van der Waals surface area contributed by atoms with Gasteiger partial charge in [-0.3, -0.25) is 9.48 Å². The molecule has 0 aliphatic carbocycles. The van der Waals surface area contributed by atoms with Gasteiger partial charge in [0, 0.05) is 31.6 Å². The summed E-state index contributed by atoms with van der Waals surface area (Å²) in [5.74, 6) is -0.0320. The minimum Gasteiger partial charge on any atom is -0.326 e. The van der Waals surface area contributed by atoms with Gasteiger partial charge in [-0.1, -0.05) is 0 Å². The fourth-order valence-electron chi connectivity index (χ4n) is 3.21. The molecule has 0 saturated carbocycles. The monoisotopic (exact) mass is 402 g/mol. The Kier molecular flexibility index (Phi) is 6.05. The molecule has 0 saturated heterocycles. The molecule has 3 heterocycles. The molecule has 4 rings (SSSR count). The predicted molar refractivity (Wildman–Crippen MR) is 107 cm³/mol. The van der Waals surface area contributed by atoms with Gasteiger partial charge in [0.25, 0.3) is 0 Å². The number of fused-ring (bicyclic) bond motifs is 1. The Hall–Kier alpha value is -2.78. The van der Waals surface area contributed by atoms with E-state index in [4.69, 9.17) is 0 Å². The van der Waals surface area contributed by atoms with Crippen LogP contribution in [0.15, 0.2) is 24.5 Å². The molecule has 2 N–H and O–H groups in total. The molecule has 3 aromatic rings. The van der Waals surface area contributed by atoms with E-state index in [1.54, 1.807) is 4.68 Å². The Morgan fingerprint density at radius 3 is 2.89 bits per heavy atom. The summed E-state index contributed by atoms with van der Waals surface area (Å²) in [5, 5.41) is 22.2. The number of tetrazole rings is 1. The summed E-state index contributed by atoms with van der Waals surface area (Å²) < 4.78 is 3.60. The number of nitrogens with one attached hydrogen (secondary N) is 2. The molecule has 0 fully saturated rings. The maximum Gasteiger partial charge on any atom is 0.224 e. The lowest BCUT2D eigenvalue weighted by Crippen LogP contribution is -2.28. The number of halogens is 1. The zero-order valence-corrected chi connectivity index (χ0v) is 16.7. The van der Waals surface area contributed by atoms with Crippen molar-refractivity contribution in [2.45, 2.75) is 39.8 Å². The van der Waals surface area contributed by atoms with E-state index < -0.39 is 0 Å². The average molecular weight is 403 g/mol. The molecule has 28 heavy (non-hydrogen) atoms. The summed E-state index contributed by atoms with van der Waals surface area (Å²) >= 11 is 0. The van der Waals surface area contributed by atoms with Gasteiger partial charge in [-0.05, 0) is 53.6 Å². The number of hydrogen-bond donors (Lipinski definition) is 2. The standard InChI is InChI=1S/C18H22N8O.ClH/c1-12-7-15(26-11-20-23-24-26)9-17(13(12)2)21-18(27)4-3-14-8-16-10-19-5-6-25(16)22-14;/h7-9,11,19H,3-6,10H2,1-2H3,(H,21,27);1H. The Labute approximate surface area is 168 Å². The van der Waals surface area contributed by atoms with Crippen LogP contribution >= 0.6 is 12.4 Å². The predicted octanol–water partition coefficient (Wildman–Crippen LogP) is 1.57. The Morgan fingerprint density at radius 1 is 1.29 bits per heavy atom. The molecule has 10 heteroatoms. The number of hydrogen-bond acceptors (Lipinski definition) is 6. The molecule has 1 aliphatic rings. The second-order valence-electron chi connectivity index (χ2n) is 6.76. The first-order valence-corrected chi connectivity index (χ1v) is 9.01. The van der Waals surface area contributed by atoms with Gasteiger partial charge in [-0.25, -0.2) is 4.68 Å². The highest BCUT2D eigenvalue weighted by molar-refractivity contribution is 5.92. The van der Waals surface area contributed by atoms with Crippen LogP contribution < -0.4 is 10.6 Å². The minimum atomic E-state index is -0.0320. The molecule has 0 radical (unpaired) electrons. The van der Waals surface area contributed by atoms with Crippen LogP contribution in [-0.4, -0.2) is 42.4 Å². The zero-order chi connectivity index (χ0) is 18.8. The molecule has 0 atom stereocenters. The number of nitrogens with zero attached hydrogens (tertiary/aromatic N) is 6. The number of anilines is 1. The zero-order valence-electron chi connectivity index (χ0n) is 15.8. The number of rotatable bonds is 5. The summed E-state index contributed by atoms with van der Waals surface area (Å²) in [6.45, 7) is 6.64. The molecule has 1 aliphatic heterocycles. The summed E-state index contributed by atoms with van der Waals surface area (Å²) in [6.07, 6.45) is 2.54. The largest absolute Gasteiger partial charge is 0.326 e. The maximum absolute atomic E-state index is 12.5. The first-order valence-electron chi connectivity index (χ1n) is 9.01. The molecule has 148 valence electrons. The average Bonchev–Trinajstić information content (AvgIpc) is 3.32. The van der Waals surface area contributed by atoms with E-state index in [0.717, 1.165) is 47.8 Å². The topological polar surface area (TPSA) is 103 Å². The minimum absolute atomic E-state index is 0. The van der Waals surface area contributed by atoms with E-state index in [1.807, 2.05) is 30.7 Å². The van der Waals surface area contributed by atoms with Crippen LogP contribution in [0.4, 0.5) is 5.69 Å². The van der Waals surface area contributed by atoms with Crippen LogP contribution in [0.3, 0.4) is 0 Å². The van der Waals surface area contributed by atoms with E-state index in [9.17, 15) is 4.79 Å².